The SMILES string of the molecule is CCC1(CN2CCC3C(CCCN3C)C2)CCCNC1. The molecule has 3 saturated heterocycles. The van der Waals surface area contributed by atoms with Gasteiger partial charge in [0.25, 0.3) is 0 Å². The zero-order valence-electron chi connectivity index (χ0n) is 13.5. The molecule has 3 heterocycles. The molecule has 0 radical (unpaired) electrons. The summed E-state index contributed by atoms with van der Waals surface area (Å²) in [4.78, 5) is 5.43. The lowest BCUT2D eigenvalue weighted by molar-refractivity contribution is 0.0129. The van der Waals surface area contributed by atoms with Crippen LogP contribution in [0, 0.1) is 11.3 Å². The van der Waals surface area contributed by atoms with Crippen LogP contribution < -0.4 is 5.32 Å². The number of hydrogen-bond donors (Lipinski definition) is 1. The summed E-state index contributed by atoms with van der Waals surface area (Å²) in [6.07, 6.45) is 8.41. The molecular formula is C17H33N3. The van der Waals surface area contributed by atoms with Crippen molar-refractivity contribution in [2.45, 2.75) is 51.5 Å². The van der Waals surface area contributed by atoms with Gasteiger partial charge in [-0.3, -0.25) is 0 Å². The van der Waals surface area contributed by atoms with Crippen LogP contribution in [-0.4, -0.2) is 62.2 Å². The molecule has 20 heavy (non-hydrogen) atoms. The van der Waals surface area contributed by atoms with Crippen molar-refractivity contribution in [1.82, 2.24) is 15.1 Å². The summed E-state index contributed by atoms with van der Waals surface area (Å²) in [5.74, 6) is 0.938. The van der Waals surface area contributed by atoms with Gasteiger partial charge in [-0.1, -0.05) is 6.92 Å². The van der Waals surface area contributed by atoms with Crippen molar-refractivity contribution in [2.75, 3.05) is 46.3 Å². The van der Waals surface area contributed by atoms with E-state index in [2.05, 4.69) is 29.1 Å². The van der Waals surface area contributed by atoms with Gasteiger partial charge >= 0.3 is 0 Å². The third-order valence-corrected chi connectivity index (χ3v) is 6.30. The van der Waals surface area contributed by atoms with Crippen molar-refractivity contribution < 1.29 is 0 Å². The van der Waals surface area contributed by atoms with E-state index in [-0.39, 0.29) is 0 Å². The molecule has 3 atom stereocenters. The normalized spacial score (nSPS) is 40.5. The first-order valence-corrected chi connectivity index (χ1v) is 8.86. The van der Waals surface area contributed by atoms with Gasteiger partial charge < -0.3 is 15.1 Å². The minimum atomic E-state index is 0.561. The smallest absolute Gasteiger partial charge is 0.0145 e. The van der Waals surface area contributed by atoms with E-state index in [1.54, 1.807) is 0 Å². The molecule has 3 nitrogen and oxygen atoms in total. The minimum absolute atomic E-state index is 0.561. The van der Waals surface area contributed by atoms with Gasteiger partial charge in [0, 0.05) is 25.7 Å². The van der Waals surface area contributed by atoms with Crippen molar-refractivity contribution in [1.29, 1.82) is 0 Å². The quantitative estimate of drug-likeness (QED) is 0.854. The van der Waals surface area contributed by atoms with Gasteiger partial charge in [-0.15, -0.1) is 0 Å². The Balaban J connectivity index is 1.58. The van der Waals surface area contributed by atoms with Crippen molar-refractivity contribution in [3.05, 3.63) is 0 Å². The van der Waals surface area contributed by atoms with E-state index in [0.717, 1.165) is 12.0 Å². The highest BCUT2D eigenvalue weighted by molar-refractivity contribution is 4.93. The molecule has 3 heteroatoms. The highest BCUT2D eigenvalue weighted by Crippen LogP contribution is 2.35. The Morgan fingerprint density at radius 2 is 2.10 bits per heavy atom. The summed E-state index contributed by atoms with van der Waals surface area (Å²) < 4.78 is 0. The minimum Gasteiger partial charge on any atom is -0.316 e. The Kier molecular flexibility index (Phi) is 4.68. The molecule has 0 aromatic heterocycles. The summed E-state index contributed by atoms with van der Waals surface area (Å²) in [6, 6.07) is 0.877. The zero-order chi connectivity index (χ0) is 14.0. The lowest BCUT2D eigenvalue weighted by Gasteiger charge is -2.49. The van der Waals surface area contributed by atoms with E-state index in [1.165, 1.54) is 77.8 Å². The van der Waals surface area contributed by atoms with Gasteiger partial charge in [0.1, 0.15) is 0 Å². The van der Waals surface area contributed by atoms with Crippen LogP contribution in [0.5, 0.6) is 0 Å². The molecule has 3 aliphatic heterocycles. The maximum Gasteiger partial charge on any atom is 0.0145 e. The highest BCUT2D eigenvalue weighted by atomic mass is 15.2. The van der Waals surface area contributed by atoms with Crippen LogP contribution in [0.2, 0.25) is 0 Å². The molecule has 3 aliphatic rings. The fourth-order valence-corrected chi connectivity index (χ4v) is 4.92. The van der Waals surface area contributed by atoms with E-state index in [4.69, 9.17) is 0 Å². The second-order valence-electron chi connectivity index (χ2n) is 7.61. The average molecular weight is 279 g/mol. The third-order valence-electron chi connectivity index (χ3n) is 6.30. The first kappa shape index (κ1) is 14.8. The summed E-state index contributed by atoms with van der Waals surface area (Å²) >= 11 is 0. The van der Waals surface area contributed by atoms with Gasteiger partial charge in [-0.05, 0) is 76.5 Å². The number of hydrogen-bond acceptors (Lipinski definition) is 3. The maximum atomic E-state index is 3.64. The summed E-state index contributed by atoms with van der Waals surface area (Å²) in [5.41, 5.74) is 0.561. The first-order chi connectivity index (χ1) is 9.72. The molecular weight excluding hydrogens is 246 g/mol. The molecule has 116 valence electrons. The molecule has 0 aromatic carbocycles. The molecule has 3 rings (SSSR count). The number of fused-ring (bicyclic) bond motifs is 1. The van der Waals surface area contributed by atoms with Crippen molar-refractivity contribution in [3.63, 3.8) is 0 Å². The molecule has 0 saturated carbocycles. The Morgan fingerprint density at radius 3 is 2.85 bits per heavy atom. The fourth-order valence-electron chi connectivity index (χ4n) is 4.92. The van der Waals surface area contributed by atoms with Crippen molar-refractivity contribution in [3.8, 4) is 0 Å². The molecule has 3 unspecified atom stereocenters. The lowest BCUT2D eigenvalue weighted by atomic mass is 9.76. The van der Waals surface area contributed by atoms with Gasteiger partial charge in [-0.2, -0.15) is 0 Å². The van der Waals surface area contributed by atoms with E-state index in [9.17, 15) is 0 Å². The summed E-state index contributed by atoms with van der Waals surface area (Å²) in [7, 11) is 2.34. The van der Waals surface area contributed by atoms with Crippen LogP contribution in [0.3, 0.4) is 0 Å². The van der Waals surface area contributed by atoms with Crippen LogP contribution in [-0.2, 0) is 0 Å². The van der Waals surface area contributed by atoms with Gasteiger partial charge in [0.05, 0.1) is 0 Å². The van der Waals surface area contributed by atoms with Gasteiger partial charge in [-0.25, -0.2) is 0 Å². The second kappa shape index (κ2) is 6.33. The molecule has 0 spiro atoms. The number of likely N-dealkylation sites (tertiary alicyclic amines) is 2. The van der Waals surface area contributed by atoms with E-state index in [1.807, 2.05) is 0 Å². The molecule has 0 aromatic rings. The van der Waals surface area contributed by atoms with Crippen LogP contribution >= 0.6 is 0 Å². The number of nitrogens with one attached hydrogen (secondary N) is 1. The highest BCUT2D eigenvalue weighted by Gasteiger charge is 2.38. The van der Waals surface area contributed by atoms with Crippen molar-refractivity contribution in [2.24, 2.45) is 11.3 Å². The topological polar surface area (TPSA) is 18.5 Å². The third kappa shape index (κ3) is 3.05. The lowest BCUT2D eigenvalue weighted by Crippen LogP contribution is -2.55. The average Bonchev–Trinajstić information content (AvgIpc) is 2.48. The molecule has 1 N–H and O–H groups in total. The van der Waals surface area contributed by atoms with Gasteiger partial charge in [0.15, 0.2) is 0 Å². The number of nitrogens with zero attached hydrogens (tertiary/aromatic N) is 2. The van der Waals surface area contributed by atoms with Crippen molar-refractivity contribution >= 4 is 0 Å². The van der Waals surface area contributed by atoms with E-state index >= 15 is 0 Å². The van der Waals surface area contributed by atoms with Crippen LogP contribution in [0.4, 0.5) is 0 Å². The molecule has 0 amide bonds. The summed E-state index contributed by atoms with van der Waals surface area (Å²) in [6.45, 7) is 10.2. The second-order valence-corrected chi connectivity index (χ2v) is 7.61. The Morgan fingerprint density at radius 1 is 1.20 bits per heavy atom. The summed E-state index contributed by atoms with van der Waals surface area (Å²) in [5, 5.41) is 3.64. The fraction of sp³-hybridized carbons (Fsp3) is 1.00. The number of rotatable bonds is 3. The monoisotopic (exact) mass is 279 g/mol. The predicted molar refractivity (Wildman–Crippen MR) is 85.0 cm³/mol. The zero-order valence-corrected chi connectivity index (χ0v) is 13.5. The Hall–Kier alpha value is -0.120. The van der Waals surface area contributed by atoms with E-state index in [0.29, 0.717) is 5.41 Å². The number of piperidine rings is 3. The van der Waals surface area contributed by atoms with Crippen LogP contribution in [0.15, 0.2) is 0 Å². The van der Waals surface area contributed by atoms with Crippen LogP contribution in [0.1, 0.15) is 45.4 Å². The maximum absolute atomic E-state index is 3.64. The molecule has 0 aliphatic carbocycles. The standard InChI is InChI=1S/C17H33N3/c1-3-17(8-5-9-18-13-17)14-20-11-7-16-15(12-20)6-4-10-19(16)2/h15-16,18H,3-14H2,1-2H3. The molecule has 3 fully saturated rings. The van der Waals surface area contributed by atoms with Gasteiger partial charge in [0.2, 0.25) is 0 Å². The molecule has 0 bridgehead atoms. The largest absolute Gasteiger partial charge is 0.316 e. The Bertz CT molecular complexity index is 311. The van der Waals surface area contributed by atoms with Crippen LogP contribution in [0.25, 0.3) is 0 Å². The first-order valence-electron chi connectivity index (χ1n) is 8.86. The Labute approximate surface area is 125 Å². The predicted octanol–water partition coefficient (Wildman–Crippen LogP) is 2.18. The van der Waals surface area contributed by atoms with E-state index < -0.39 is 0 Å².